The number of fused-ring (bicyclic) bond motifs is 2. The smallest absolute Gasteiger partial charge is 0.276 e. The summed E-state index contributed by atoms with van der Waals surface area (Å²) in [6.07, 6.45) is 5.27. The summed E-state index contributed by atoms with van der Waals surface area (Å²) in [5.41, 5.74) is 3.63. The Balaban J connectivity index is 1.53. The molecule has 1 aliphatic heterocycles. The summed E-state index contributed by atoms with van der Waals surface area (Å²) in [5.74, 6) is -0.110. The highest BCUT2D eigenvalue weighted by Gasteiger charge is 2.28. The topological polar surface area (TPSA) is 116 Å². The van der Waals surface area contributed by atoms with Crippen LogP contribution in [0.3, 0.4) is 0 Å². The Hall–Kier alpha value is -2.81. The lowest BCUT2D eigenvalue weighted by Gasteiger charge is -2.13. The number of benzene rings is 1. The molecule has 146 valence electrons. The number of carbonyl (C=O) groups is 3. The van der Waals surface area contributed by atoms with Gasteiger partial charge in [0, 0.05) is 16.9 Å². The lowest BCUT2D eigenvalue weighted by Crippen LogP contribution is -2.41. The van der Waals surface area contributed by atoms with E-state index in [1.54, 1.807) is 30.0 Å². The lowest BCUT2D eigenvalue weighted by molar-refractivity contribution is -0.117. The number of anilines is 2. The highest BCUT2D eigenvalue weighted by Crippen LogP contribution is 2.26. The van der Waals surface area contributed by atoms with Crippen molar-refractivity contribution < 1.29 is 14.4 Å². The zero-order valence-corrected chi connectivity index (χ0v) is 16.2. The Labute approximate surface area is 166 Å². The molecule has 8 nitrogen and oxygen atoms in total. The first-order valence-corrected chi connectivity index (χ1v) is 10.6. The molecule has 1 aromatic carbocycles. The molecule has 2 aromatic rings. The van der Waals surface area contributed by atoms with Gasteiger partial charge < -0.3 is 16.0 Å². The van der Waals surface area contributed by atoms with E-state index in [-0.39, 0.29) is 17.7 Å². The number of amides is 3. The standard InChI is InChI=1S/C19H21N5O3S/c1-28-8-7-15-18(26)21-13-6-5-10(9-12(13)17(25)22-15)20-19(27)16-11-3-2-4-14(11)23-24-16/h5-6,9,15H,2-4,7-8H2,1H3,(H,20,27)(H,21,26)(H,22,25)(H,23,24). The van der Waals surface area contributed by atoms with Crippen molar-refractivity contribution in [2.45, 2.75) is 31.7 Å². The van der Waals surface area contributed by atoms with E-state index < -0.39 is 6.04 Å². The van der Waals surface area contributed by atoms with E-state index in [4.69, 9.17) is 0 Å². The van der Waals surface area contributed by atoms with Crippen LogP contribution in [0.5, 0.6) is 0 Å². The molecule has 1 aromatic heterocycles. The number of thioether (sulfide) groups is 1. The molecule has 1 unspecified atom stereocenters. The predicted octanol–water partition coefficient (Wildman–Crippen LogP) is 1.95. The molecule has 0 bridgehead atoms. The SMILES string of the molecule is CSCCC1NC(=O)c2cc(NC(=O)c3n[nH]c4c3CCC4)ccc2NC1=O. The van der Waals surface area contributed by atoms with Crippen molar-refractivity contribution in [3.8, 4) is 0 Å². The normalized spacial score (nSPS) is 18.0. The zero-order valence-electron chi connectivity index (χ0n) is 15.4. The number of H-pyrrole nitrogens is 1. The Morgan fingerprint density at radius 3 is 3.00 bits per heavy atom. The second-order valence-corrected chi connectivity index (χ2v) is 7.88. The van der Waals surface area contributed by atoms with Crippen LogP contribution in [0.25, 0.3) is 0 Å². The summed E-state index contributed by atoms with van der Waals surface area (Å²) in [5, 5.41) is 15.4. The van der Waals surface area contributed by atoms with E-state index >= 15 is 0 Å². The van der Waals surface area contributed by atoms with Gasteiger partial charge in [-0.15, -0.1) is 0 Å². The third-order valence-electron chi connectivity index (χ3n) is 5.03. The molecule has 4 rings (SSSR count). The molecule has 3 amide bonds. The molecule has 4 N–H and O–H groups in total. The van der Waals surface area contributed by atoms with Crippen LogP contribution in [0.15, 0.2) is 18.2 Å². The quantitative estimate of drug-likeness (QED) is 0.613. The first-order valence-electron chi connectivity index (χ1n) is 9.19. The average Bonchev–Trinajstić information content (AvgIpc) is 3.26. The Kier molecular flexibility index (Phi) is 5.08. The van der Waals surface area contributed by atoms with E-state index in [9.17, 15) is 14.4 Å². The molecule has 9 heteroatoms. The molecule has 1 atom stereocenters. The van der Waals surface area contributed by atoms with E-state index in [0.717, 1.165) is 36.3 Å². The number of aryl methyl sites for hydroxylation is 1. The molecule has 0 saturated carbocycles. The van der Waals surface area contributed by atoms with E-state index in [2.05, 4.69) is 26.1 Å². The van der Waals surface area contributed by atoms with Crippen LogP contribution in [0.1, 0.15) is 44.9 Å². The maximum Gasteiger partial charge on any atom is 0.276 e. The van der Waals surface area contributed by atoms with Gasteiger partial charge in [0.1, 0.15) is 6.04 Å². The Bertz CT molecular complexity index is 955. The zero-order chi connectivity index (χ0) is 19.7. The first-order chi connectivity index (χ1) is 13.6. The summed E-state index contributed by atoms with van der Waals surface area (Å²) < 4.78 is 0. The fraction of sp³-hybridized carbons (Fsp3) is 0.368. The molecule has 2 heterocycles. The largest absolute Gasteiger partial charge is 0.340 e. The van der Waals surface area contributed by atoms with Crippen LogP contribution in [0, 0.1) is 0 Å². The second-order valence-electron chi connectivity index (χ2n) is 6.89. The van der Waals surface area contributed by atoms with Gasteiger partial charge in [0.2, 0.25) is 5.91 Å². The van der Waals surface area contributed by atoms with Crippen molar-refractivity contribution in [1.29, 1.82) is 0 Å². The highest BCUT2D eigenvalue weighted by molar-refractivity contribution is 7.98. The minimum atomic E-state index is -0.572. The first kappa shape index (κ1) is 18.5. The molecule has 0 radical (unpaired) electrons. The number of hydrogen-bond donors (Lipinski definition) is 4. The van der Waals surface area contributed by atoms with E-state index in [1.807, 2.05) is 6.26 Å². The van der Waals surface area contributed by atoms with Gasteiger partial charge in [-0.25, -0.2) is 0 Å². The van der Waals surface area contributed by atoms with E-state index in [1.165, 1.54) is 0 Å². The maximum absolute atomic E-state index is 12.6. The van der Waals surface area contributed by atoms with Crippen molar-refractivity contribution in [3.05, 3.63) is 40.7 Å². The molecule has 28 heavy (non-hydrogen) atoms. The van der Waals surface area contributed by atoms with Gasteiger partial charge in [0.25, 0.3) is 11.8 Å². The van der Waals surface area contributed by atoms with Crippen LogP contribution < -0.4 is 16.0 Å². The van der Waals surface area contributed by atoms with Gasteiger partial charge >= 0.3 is 0 Å². The van der Waals surface area contributed by atoms with Crippen LogP contribution >= 0.6 is 11.8 Å². The number of aromatic amines is 1. The van der Waals surface area contributed by atoms with Crippen molar-refractivity contribution in [2.24, 2.45) is 0 Å². The van der Waals surface area contributed by atoms with Gasteiger partial charge in [-0.2, -0.15) is 16.9 Å². The van der Waals surface area contributed by atoms with Crippen molar-refractivity contribution in [3.63, 3.8) is 0 Å². The number of aromatic nitrogens is 2. The predicted molar refractivity (Wildman–Crippen MR) is 108 cm³/mol. The van der Waals surface area contributed by atoms with Crippen LogP contribution in [0.4, 0.5) is 11.4 Å². The van der Waals surface area contributed by atoms with Gasteiger partial charge in [0.05, 0.1) is 11.3 Å². The molecular formula is C19H21N5O3S. The van der Waals surface area contributed by atoms with Crippen molar-refractivity contribution in [1.82, 2.24) is 15.5 Å². The third kappa shape index (κ3) is 3.49. The molecule has 0 spiro atoms. The summed E-state index contributed by atoms with van der Waals surface area (Å²) in [6.45, 7) is 0. The Morgan fingerprint density at radius 1 is 1.32 bits per heavy atom. The molecule has 1 aliphatic carbocycles. The summed E-state index contributed by atoms with van der Waals surface area (Å²) in [6, 6.07) is 4.30. The monoisotopic (exact) mass is 399 g/mol. The maximum atomic E-state index is 12.6. The van der Waals surface area contributed by atoms with Crippen molar-refractivity contribution >= 4 is 40.9 Å². The summed E-state index contributed by atoms with van der Waals surface area (Å²) >= 11 is 1.62. The van der Waals surface area contributed by atoms with Gasteiger partial charge in [-0.05, 0) is 55.9 Å². The summed E-state index contributed by atoms with van der Waals surface area (Å²) in [7, 11) is 0. The number of hydrogen-bond acceptors (Lipinski definition) is 5. The van der Waals surface area contributed by atoms with Crippen LogP contribution in [0.2, 0.25) is 0 Å². The lowest BCUT2D eigenvalue weighted by atomic mass is 10.1. The van der Waals surface area contributed by atoms with Crippen LogP contribution in [-0.4, -0.2) is 46.0 Å². The van der Waals surface area contributed by atoms with Crippen molar-refractivity contribution in [2.75, 3.05) is 22.6 Å². The fourth-order valence-electron chi connectivity index (χ4n) is 3.58. The van der Waals surface area contributed by atoms with Crippen LogP contribution in [-0.2, 0) is 17.6 Å². The molecule has 0 fully saturated rings. The molecule has 2 aliphatic rings. The average molecular weight is 399 g/mol. The fourth-order valence-corrected chi connectivity index (χ4v) is 4.05. The minimum absolute atomic E-state index is 0.231. The second kappa shape index (κ2) is 7.67. The third-order valence-corrected chi connectivity index (χ3v) is 5.68. The number of carbonyl (C=O) groups excluding carboxylic acids is 3. The highest BCUT2D eigenvalue weighted by atomic mass is 32.2. The van der Waals surface area contributed by atoms with E-state index in [0.29, 0.717) is 29.1 Å². The summed E-state index contributed by atoms with van der Waals surface area (Å²) in [4.78, 5) is 37.6. The van der Waals surface area contributed by atoms with Gasteiger partial charge in [-0.1, -0.05) is 0 Å². The Morgan fingerprint density at radius 2 is 2.18 bits per heavy atom. The van der Waals surface area contributed by atoms with Gasteiger partial charge in [0.15, 0.2) is 5.69 Å². The minimum Gasteiger partial charge on any atom is -0.340 e. The number of nitrogens with zero attached hydrogens (tertiary/aromatic N) is 1. The van der Waals surface area contributed by atoms with Gasteiger partial charge in [-0.3, -0.25) is 19.5 Å². The number of nitrogens with one attached hydrogen (secondary N) is 4. The molecule has 0 saturated heterocycles. The number of rotatable bonds is 5. The molecular weight excluding hydrogens is 378 g/mol.